The van der Waals surface area contributed by atoms with Crippen molar-refractivity contribution in [2.75, 3.05) is 18.0 Å². The van der Waals surface area contributed by atoms with E-state index in [2.05, 4.69) is 28.9 Å². The molecule has 1 saturated heterocycles. The number of piperidine rings is 1. The zero-order valence-electron chi connectivity index (χ0n) is 10.7. The van der Waals surface area contributed by atoms with Gasteiger partial charge < -0.3 is 15.2 Å². The number of hydrogen-bond donors (Lipinski definition) is 1. The van der Waals surface area contributed by atoms with E-state index in [4.69, 9.17) is 10.3 Å². The molecule has 1 aromatic rings. The lowest BCUT2D eigenvalue weighted by Gasteiger charge is -2.24. The van der Waals surface area contributed by atoms with Crippen LogP contribution >= 0.6 is 0 Å². The second-order valence-electron chi connectivity index (χ2n) is 5.22. The first-order chi connectivity index (χ1) is 8.16. The summed E-state index contributed by atoms with van der Waals surface area (Å²) >= 11 is 0. The van der Waals surface area contributed by atoms with Gasteiger partial charge in [-0.2, -0.15) is 4.98 Å². The fraction of sp³-hybridized carbons (Fsp3) is 0.833. The van der Waals surface area contributed by atoms with Gasteiger partial charge in [0.25, 0.3) is 5.95 Å². The lowest BCUT2D eigenvalue weighted by molar-refractivity contribution is 0.334. The third-order valence-electron chi connectivity index (χ3n) is 3.11. The average Bonchev–Trinajstić information content (AvgIpc) is 2.78. The Bertz CT molecular complexity index is 344. The van der Waals surface area contributed by atoms with Crippen LogP contribution in [0, 0.1) is 5.92 Å². The molecule has 1 aliphatic rings. The minimum absolute atomic E-state index is 0.138. The van der Waals surface area contributed by atoms with Gasteiger partial charge in [-0.25, -0.2) is 0 Å². The molecule has 5 nitrogen and oxygen atoms in total. The minimum atomic E-state index is -0.138. The predicted octanol–water partition coefficient (Wildman–Crippen LogP) is 2.11. The summed E-state index contributed by atoms with van der Waals surface area (Å²) in [6, 6.07) is -0.138. The summed E-state index contributed by atoms with van der Waals surface area (Å²) in [7, 11) is 0. The summed E-state index contributed by atoms with van der Waals surface area (Å²) in [6.07, 6.45) is 4.60. The molecule has 0 spiro atoms. The lowest BCUT2D eigenvalue weighted by atomic mass is 10.0. The van der Waals surface area contributed by atoms with Crippen LogP contribution in [0.15, 0.2) is 4.52 Å². The molecule has 1 aliphatic heterocycles. The highest BCUT2D eigenvalue weighted by Crippen LogP contribution is 2.21. The third kappa shape index (κ3) is 3.19. The van der Waals surface area contributed by atoms with E-state index >= 15 is 0 Å². The van der Waals surface area contributed by atoms with Crippen LogP contribution in [0.5, 0.6) is 0 Å². The number of anilines is 1. The highest BCUT2D eigenvalue weighted by Gasteiger charge is 2.20. The van der Waals surface area contributed by atoms with Gasteiger partial charge in [0.1, 0.15) is 0 Å². The Balaban J connectivity index is 1.99. The Kier molecular flexibility index (Phi) is 3.99. The molecule has 0 aromatic carbocycles. The molecule has 96 valence electrons. The normalized spacial score (nSPS) is 18.7. The second-order valence-corrected chi connectivity index (χ2v) is 5.22. The molecule has 0 unspecified atom stereocenters. The van der Waals surface area contributed by atoms with Crippen molar-refractivity contribution in [2.45, 2.75) is 45.6 Å². The first kappa shape index (κ1) is 12.4. The fourth-order valence-electron chi connectivity index (χ4n) is 2.21. The number of nitrogens with two attached hydrogens (primary N) is 1. The van der Waals surface area contributed by atoms with Gasteiger partial charge in [-0.1, -0.05) is 13.8 Å². The highest BCUT2D eigenvalue weighted by molar-refractivity contribution is 5.28. The standard InChI is InChI=1S/C12H22N4O/c1-9(2)8-10(13)11-14-12(15-17-11)16-6-4-3-5-7-16/h9-10H,3-8,13H2,1-2H3/t10-/m1/s1. The lowest BCUT2D eigenvalue weighted by Crippen LogP contribution is -2.30. The van der Waals surface area contributed by atoms with Crippen LogP contribution in [0.1, 0.15) is 51.5 Å². The zero-order valence-corrected chi connectivity index (χ0v) is 10.7. The van der Waals surface area contributed by atoms with Gasteiger partial charge in [0.15, 0.2) is 0 Å². The van der Waals surface area contributed by atoms with E-state index in [9.17, 15) is 0 Å². The summed E-state index contributed by atoms with van der Waals surface area (Å²) in [4.78, 5) is 6.59. The van der Waals surface area contributed by atoms with Crippen LogP contribution in [-0.2, 0) is 0 Å². The van der Waals surface area contributed by atoms with Crippen LogP contribution in [0.2, 0.25) is 0 Å². The van der Waals surface area contributed by atoms with Crippen molar-refractivity contribution >= 4 is 5.95 Å². The van der Waals surface area contributed by atoms with Crippen molar-refractivity contribution in [2.24, 2.45) is 11.7 Å². The molecule has 1 aromatic heterocycles. The number of rotatable bonds is 4. The molecule has 2 rings (SSSR count). The van der Waals surface area contributed by atoms with E-state index in [0.717, 1.165) is 19.5 Å². The third-order valence-corrected chi connectivity index (χ3v) is 3.11. The molecule has 1 fully saturated rings. The van der Waals surface area contributed by atoms with Gasteiger partial charge in [-0.15, -0.1) is 0 Å². The predicted molar refractivity (Wildman–Crippen MR) is 66.7 cm³/mol. The van der Waals surface area contributed by atoms with Crippen LogP contribution in [0.3, 0.4) is 0 Å². The van der Waals surface area contributed by atoms with Crippen molar-refractivity contribution in [3.63, 3.8) is 0 Å². The van der Waals surface area contributed by atoms with Crippen molar-refractivity contribution in [1.82, 2.24) is 10.1 Å². The molecule has 0 bridgehead atoms. The summed E-state index contributed by atoms with van der Waals surface area (Å²) < 4.78 is 5.25. The smallest absolute Gasteiger partial charge is 0.266 e. The average molecular weight is 238 g/mol. The van der Waals surface area contributed by atoms with Gasteiger partial charge in [-0.05, 0) is 36.8 Å². The first-order valence-corrected chi connectivity index (χ1v) is 6.51. The second kappa shape index (κ2) is 5.49. The Labute approximate surface area is 102 Å². The molecular weight excluding hydrogens is 216 g/mol. The number of aromatic nitrogens is 2. The molecule has 5 heteroatoms. The quantitative estimate of drug-likeness (QED) is 0.870. The van der Waals surface area contributed by atoms with Crippen LogP contribution < -0.4 is 10.6 Å². The van der Waals surface area contributed by atoms with Crippen molar-refractivity contribution in [3.05, 3.63) is 5.89 Å². The van der Waals surface area contributed by atoms with Gasteiger partial charge in [-0.3, -0.25) is 0 Å². The maximum Gasteiger partial charge on any atom is 0.266 e. The minimum Gasteiger partial charge on any atom is -0.338 e. The Hall–Kier alpha value is -1.10. The topological polar surface area (TPSA) is 68.2 Å². The molecular formula is C12H22N4O. The SMILES string of the molecule is CC(C)C[C@@H](N)c1nc(N2CCCCC2)no1. The Morgan fingerprint density at radius 2 is 2.00 bits per heavy atom. The molecule has 0 aliphatic carbocycles. The Morgan fingerprint density at radius 3 is 2.65 bits per heavy atom. The summed E-state index contributed by atoms with van der Waals surface area (Å²) in [5, 5.41) is 4.03. The van der Waals surface area contributed by atoms with Gasteiger partial charge in [0.05, 0.1) is 6.04 Å². The molecule has 0 amide bonds. The van der Waals surface area contributed by atoms with E-state index in [1.165, 1.54) is 19.3 Å². The van der Waals surface area contributed by atoms with E-state index in [0.29, 0.717) is 17.8 Å². The molecule has 0 radical (unpaired) electrons. The van der Waals surface area contributed by atoms with Crippen molar-refractivity contribution < 1.29 is 4.52 Å². The van der Waals surface area contributed by atoms with Crippen molar-refractivity contribution in [1.29, 1.82) is 0 Å². The first-order valence-electron chi connectivity index (χ1n) is 6.51. The number of nitrogens with zero attached hydrogens (tertiary/aromatic N) is 3. The number of hydrogen-bond acceptors (Lipinski definition) is 5. The molecule has 2 N–H and O–H groups in total. The van der Waals surface area contributed by atoms with Crippen LogP contribution in [-0.4, -0.2) is 23.2 Å². The van der Waals surface area contributed by atoms with Crippen LogP contribution in [0.25, 0.3) is 0 Å². The zero-order chi connectivity index (χ0) is 12.3. The molecule has 0 saturated carbocycles. The van der Waals surface area contributed by atoms with Crippen LogP contribution in [0.4, 0.5) is 5.95 Å². The summed E-state index contributed by atoms with van der Waals surface area (Å²) in [5.74, 6) is 1.81. The van der Waals surface area contributed by atoms with Gasteiger partial charge in [0.2, 0.25) is 5.89 Å². The van der Waals surface area contributed by atoms with E-state index in [1.807, 2.05) is 0 Å². The maximum atomic E-state index is 6.02. The molecule has 17 heavy (non-hydrogen) atoms. The largest absolute Gasteiger partial charge is 0.338 e. The monoisotopic (exact) mass is 238 g/mol. The molecule has 2 heterocycles. The van der Waals surface area contributed by atoms with E-state index < -0.39 is 0 Å². The summed E-state index contributed by atoms with van der Waals surface area (Å²) in [6.45, 7) is 6.33. The van der Waals surface area contributed by atoms with E-state index in [1.54, 1.807) is 0 Å². The fourth-order valence-corrected chi connectivity index (χ4v) is 2.21. The maximum absolute atomic E-state index is 6.02. The highest BCUT2D eigenvalue weighted by atomic mass is 16.5. The molecule has 1 atom stereocenters. The van der Waals surface area contributed by atoms with Crippen molar-refractivity contribution in [3.8, 4) is 0 Å². The van der Waals surface area contributed by atoms with Gasteiger partial charge >= 0.3 is 0 Å². The summed E-state index contributed by atoms with van der Waals surface area (Å²) in [5.41, 5.74) is 6.02. The van der Waals surface area contributed by atoms with E-state index in [-0.39, 0.29) is 6.04 Å². The Morgan fingerprint density at radius 1 is 1.29 bits per heavy atom. The van der Waals surface area contributed by atoms with Gasteiger partial charge in [0, 0.05) is 13.1 Å².